The third kappa shape index (κ3) is 3.77. The normalized spacial score (nSPS) is 13.3. The molecular formula is C25H25N3O3S. The Kier molecular flexibility index (Phi) is 5.66. The van der Waals surface area contributed by atoms with E-state index in [4.69, 9.17) is 9.72 Å². The predicted molar refractivity (Wildman–Crippen MR) is 128 cm³/mol. The molecule has 3 heterocycles. The molecule has 4 aromatic rings. The second-order valence-corrected chi connectivity index (χ2v) is 9.20. The number of H-pyrrole nitrogens is 1. The minimum absolute atomic E-state index is 0.0413. The fraction of sp³-hybridized carbons (Fsp3) is 0.320. The van der Waals surface area contributed by atoms with Crippen LogP contribution in [0.2, 0.25) is 0 Å². The van der Waals surface area contributed by atoms with Gasteiger partial charge in [-0.2, -0.15) is 0 Å². The topological polar surface area (TPSA) is 77.0 Å². The summed E-state index contributed by atoms with van der Waals surface area (Å²) in [4.78, 5) is 36.5. The first-order chi connectivity index (χ1) is 15.7. The van der Waals surface area contributed by atoms with E-state index in [1.54, 1.807) is 22.1 Å². The van der Waals surface area contributed by atoms with E-state index in [9.17, 15) is 9.59 Å². The maximum absolute atomic E-state index is 13.8. The predicted octanol–water partition coefficient (Wildman–Crippen LogP) is 4.53. The van der Waals surface area contributed by atoms with Crippen molar-refractivity contribution in [3.05, 3.63) is 79.3 Å². The number of hydrogen-bond donors (Lipinski definition) is 1. The molecule has 0 aliphatic heterocycles. The van der Waals surface area contributed by atoms with Crippen LogP contribution in [-0.4, -0.2) is 21.1 Å². The van der Waals surface area contributed by atoms with Crippen molar-refractivity contribution in [2.45, 2.75) is 45.6 Å². The number of ether oxygens (including phenoxy) is 1. The summed E-state index contributed by atoms with van der Waals surface area (Å²) in [6, 6.07) is 11.3. The van der Waals surface area contributed by atoms with E-state index in [1.165, 1.54) is 16.5 Å². The van der Waals surface area contributed by atoms with Crippen molar-refractivity contribution in [1.82, 2.24) is 14.5 Å². The zero-order chi connectivity index (χ0) is 22.1. The average molecular weight is 448 g/mol. The number of aromatic amines is 1. The summed E-state index contributed by atoms with van der Waals surface area (Å²) in [6.07, 6.45) is 6.62. The Morgan fingerprint density at radius 2 is 1.97 bits per heavy atom. The third-order valence-electron chi connectivity index (χ3n) is 5.83. The van der Waals surface area contributed by atoms with Crippen molar-refractivity contribution in [2.24, 2.45) is 0 Å². The number of benzene rings is 1. The summed E-state index contributed by atoms with van der Waals surface area (Å²) in [5.74, 6) is 0.917. The standard InChI is InChI=1S/C25H25N3O3S/c1-2-12-31-20-14-26-17(13-19(20)29)15-28-23(16-8-4-3-5-9-16)27-24-22(25(28)30)18-10-6-7-11-21(18)32-24/h3-5,8-9,13-14H,2,6-7,10-12,15H2,1H3,(H,26,29). The van der Waals surface area contributed by atoms with Gasteiger partial charge in [-0.3, -0.25) is 14.2 Å². The highest BCUT2D eigenvalue weighted by Crippen LogP contribution is 2.34. The first-order valence-electron chi connectivity index (χ1n) is 11.1. The fourth-order valence-corrected chi connectivity index (χ4v) is 5.53. The monoisotopic (exact) mass is 447 g/mol. The molecule has 1 aliphatic rings. The smallest absolute Gasteiger partial charge is 0.263 e. The molecule has 0 atom stereocenters. The average Bonchev–Trinajstić information content (AvgIpc) is 3.19. The van der Waals surface area contributed by atoms with E-state index in [-0.39, 0.29) is 17.5 Å². The van der Waals surface area contributed by atoms with Crippen molar-refractivity contribution in [3.8, 4) is 17.1 Å². The second-order valence-electron chi connectivity index (χ2n) is 8.12. The maximum Gasteiger partial charge on any atom is 0.263 e. The molecule has 0 spiro atoms. The van der Waals surface area contributed by atoms with Gasteiger partial charge in [-0.25, -0.2) is 4.98 Å². The number of hydrogen-bond acceptors (Lipinski definition) is 5. The van der Waals surface area contributed by atoms with Crippen LogP contribution in [-0.2, 0) is 19.4 Å². The molecule has 0 saturated heterocycles. The maximum atomic E-state index is 13.8. The number of nitrogens with one attached hydrogen (secondary N) is 1. The molecule has 164 valence electrons. The van der Waals surface area contributed by atoms with Gasteiger partial charge in [0.15, 0.2) is 5.75 Å². The Morgan fingerprint density at radius 1 is 1.16 bits per heavy atom. The highest BCUT2D eigenvalue weighted by atomic mass is 32.1. The lowest BCUT2D eigenvalue weighted by Crippen LogP contribution is -2.25. The van der Waals surface area contributed by atoms with Crippen molar-refractivity contribution in [1.29, 1.82) is 0 Å². The van der Waals surface area contributed by atoms with Gasteiger partial charge in [0.1, 0.15) is 10.7 Å². The zero-order valence-corrected chi connectivity index (χ0v) is 18.8. The molecule has 3 aromatic heterocycles. The van der Waals surface area contributed by atoms with Crippen molar-refractivity contribution in [3.63, 3.8) is 0 Å². The first-order valence-corrected chi connectivity index (χ1v) is 11.9. The van der Waals surface area contributed by atoms with Gasteiger partial charge in [-0.1, -0.05) is 37.3 Å². The molecule has 0 unspecified atom stereocenters. The highest BCUT2D eigenvalue weighted by molar-refractivity contribution is 7.18. The second kappa shape index (κ2) is 8.74. The van der Waals surface area contributed by atoms with Gasteiger partial charge in [0.25, 0.3) is 5.56 Å². The lowest BCUT2D eigenvalue weighted by atomic mass is 9.97. The Balaban J connectivity index is 1.65. The van der Waals surface area contributed by atoms with Crippen molar-refractivity contribution in [2.75, 3.05) is 6.61 Å². The summed E-state index contributed by atoms with van der Waals surface area (Å²) >= 11 is 1.65. The Morgan fingerprint density at radius 3 is 2.75 bits per heavy atom. The number of pyridine rings is 1. The van der Waals surface area contributed by atoms with Gasteiger partial charge in [0, 0.05) is 28.4 Å². The number of rotatable bonds is 6. The molecule has 0 fully saturated rings. The quantitative estimate of drug-likeness (QED) is 0.471. The third-order valence-corrected chi connectivity index (χ3v) is 7.02. The van der Waals surface area contributed by atoms with Crippen LogP contribution in [0.3, 0.4) is 0 Å². The summed E-state index contributed by atoms with van der Waals surface area (Å²) in [5.41, 5.74) is 2.45. The van der Waals surface area contributed by atoms with E-state index in [0.717, 1.165) is 47.9 Å². The van der Waals surface area contributed by atoms with E-state index in [1.807, 2.05) is 37.3 Å². The number of aromatic nitrogens is 3. The fourth-order valence-electron chi connectivity index (χ4n) is 4.28. The van der Waals surface area contributed by atoms with Crippen LogP contribution in [0.25, 0.3) is 21.6 Å². The molecule has 32 heavy (non-hydrogen) atoms. The summed E-state index contributed by atoms with van der Waals surface area (Å²) < 4.78 is 7.19. The van der Waals surface area contributed by atoms with Crippen LogP contribution in [0, 0.1) is 0 Å². The van der Waals surface area contributed by atoms with Gasteiger partial charge in [-0.05, 0) is 37.7 Å². The van der Waals surface area contributed by atoms with Crippen LogP contribution >= 0.6 is 11.3 Å². The van der Waals surface area contributed by atoms with Crippen molar-refractivity contribution < 1.29 is 4.74 Å². The Labute approximate surface area is 189 Å². The molecule has 1 aromatic carbocycles. The van der Waals surface area contributed by atoms with E-state index < -0.39 is 0 Å². The van der Waals surface area contributed by atoms with E-state index in [0.29, 0.717) is 23.9 Å². The molecule has 0 amide bonds. The number of aryl methyl sites for hydroxylation is 2. The first kappa shape index (κ1) is 20.7. The van der Waals surface area contributed by atoms with Crippen LogP contribution < -0.4 is 15.7 Å². The summed E-state index contributed by atoms with van der Waals surface area (Å²) in [6.45, 7) is 2.72. The van der Waals surface area contributed by atoms with Gasteiger partial charge < -0.3 is 9.72 Å². The lowest BCUT2D eigenvalue weighted by molar-refractivity contribution is 0.313. The molecule has 1 aliphatic carbocycles. The van der Waals surface area contributed by atoms with Crippen LogP contribution in [0.5, 0.6) is 5.75 Å². The van der Waals surface area contributed by atoms with Crippen LogP contribution in [0.4, 0.5) is 0 Å². The number of fused-ring (bicyclic) bond motifs is 3. The summed E-state index contributed by atoms with van der Waals surface area (Å²) in [5, 5.41) is 0.745. The van der Waals surface area contributed by atoms with Gasteiger partial charge >= 0.3 is 0 Å². The Bertz CT molecular complexity index is 1390. The van der Waals surface area contributed by atoms with Crippen LogP contribution in [0.1, 0.15) is 42.3 Å². The molecule has 1 N–H and O–H groups in total. The van der Waals surface area contributed by atoms with Gasteiger partial charge in [-0.15, -0.1) is 11.3 Å². The minimum atomic E-state index is -0.191. The SMILES string of the molecule is CCCOc1c[nH]c(Cn2c(-c3ccccc3)nc3sc4c(c3c2=O)CCCC4)cc1=O. The molecule has 6 nitrogen and oxygen atoms in total. The zero-order valence-electron chi connectivity index (χ0n) is 18.0. The highest BCUT2D eigenvalue weighted by Gasteiger charge is 2.23. The van der Waals surface area contributed by atoms with Gasteiger partial charge in [0.05, 0.1) is 18.5 Å². The van der Waals surface area contributed by atoms with E-state index >= 15 is 0 Å². The van der Waals surface area contributed by atoms with E-state index in [2.05, 4.69) is 4.98 Å². The number of nitrogens with zero attached hydrogens (tertiary/aromatic N) is 2. The molecule has 0 bridgehead atoms. The summed E-state index contributed by atoms with van der Waals surface area (Å²) in [7, 11) is 0. The molecule has 7 heteroatoms. The minimum Gasteiger partial charge on any atom is -0.488 e. The Hall–Kier alpha value is -3.19. The van der Waals surface area contributed by atoms with Crippen molar-refractivity contribution >= 4 is 21.6 Å². The molecular weight excluding hydrogens is 422 g/mol. The largest absolute Gasteiger partial charge is 0.488 e. The molecule has 0 saturated carbocycles. The van der Waals surface area contributed by atoms with Gasteiger partial charge in [0.2, 0.25) is 5.43 Å². The molecule has 5 rings (SSSR count). The lowest BCUT2D eigenvalue weighted by Gasteiger charge is -2.14. The number of thiophene rings is 1. The van der Waals surface area contributed by atoms with Crippen LogP contribution in [0.15, 0.2) is 52.2 Å². The molecule has 0 radical (unpaired) electrons.